The van der Waals surface area contributed by atoms with Crippen LogP contribution in [0.25, 0.3) is 11.8 Å². The van der Waals surface area contributed by atoms with E-state index in [1.165, 1.54) is 29.0 Å². The highest BCUT2D eigenvalue weighted by molar-refractivity contribution is 5.74. The molecule has 4 N–H and O–H groups in total. The van der Waals surface area contributed by atoms with Crippen LogP contribution in [0, 0.1) is 12.3 Å². The summed E-state index contributed by atoms with van der Waals surface area (Å²) in [6, 6.07) is 7.03. The monoisotopic (exact) mass is 557 g/mol. The third kappa shape index (κ3) is 5.60. The Morgan fingerprint density at radius 1 is 1.27 bits per heavy atom. The van der Waals surface area contributed by atoms with Crippen LogP contribution in [0.2, 0.25) is 0 Å². The van der Waals surface area contributed by atoms with E-state index in [9.17, 15) is 23.1 Å². The Balaban J connectivity index is 1.42. The lowest BCUT2D eigenvalue weighted by Crippen LogP contribution is -2.41. The minimum atomic E-state index is -4.80. The van der Waals surface area contributed by atoms with Gasteiger partial charge in [0.25, 0.3) is 0 Å². The van der Waals surface area contributed by atoms with Crippen LogP contribution in [0.1, 0.15) is 42.2 Å². The predicted molar refractivity (Wildman–Crippen MR) is 142 cm³/mol. The van der Waals surface area contributed by atoms with Crippen molar-refractivity contribution < 1.29 is 27.8 Å². The number of nitrogens with zero attached hydrogens (tertiary/aromatic N) is 5. The van der Waals surface area contributed by atoms with E-state index >= 15 is 0 Å². The predicted octanol–water partition coefficient (Wildman–Crippen LogP) is 3.91. The number of nitrogens with two attached hydrogens (primary N) is 1. The topological polar surface area (TPSA) is 131 Å². The van der Waals surface area contributed by atoms with Crippen molar-refractivity contribution in [1.82, 2.24) is 25.1 Å². The van der Waals surface area contributed by atoms with Crippen LogP contribution in [0.3, 0.4) is 0 Å². The first-order valence-corrected chi connectivity index (χ1v) is 12.8. The van der Waals surface area contributed by atoms with Crippen LogP contribution in [0.15, 0.2) is 43.1 Å². The number of anilines is 2. The first kappa shape index (κ1) is 27.4. The molecule has 40 heavy (non-hydrogen) atoms. The van der Waals surface area contributed by atoms with E-state index in [0.717, 1.165) is 0 Å². The first-order chi connectivity index (χ1) is 19.0. The van der Waals surface area contributed by atoms with Gasteiger partial charge in [-0.15, -0.1) is 0 Å². The number of carboxylic acids is 1. The van der Waals surface area contributed by atoms with E-state index in [2.05, 4.69) is 27.0 Å². The number of ether oxygens (including phenoxy) is 1. The molecule has 2 aliphatic heterocycles. The maximum atomic E-state index is 14.5. The minimum absolute atomic E-state index is 0.143. The molecule has 0 bridgehead atoms. The summed E-state index contributed by atoms with van der Waals surface area (Å²) < 4.78 is 50.5. The SMILES string of the molecule is C=Cc1ccc(-n2ccc(C)n2)c([C@@H](Oc2cc(N3CCC4(CC3)CN[C@H](C(=O)O)C4)nc(N)n2)C(F)(F)F)c1. The summed E-state index contributed by atoms with van der Waals surface area (Å²) in [6.45, 7) is 7.10. The zero-order valence-corrected chi connectivity index (χ0v) is 21.9. The van der Waals surface area contributed by atoms with Gasteiger partial charge in [0.05, 0.1) is 11.4 Å². The number of aryl methyl sites for hydroxylation is 1. The highest BCUT2D eigenvalue weighted by Crippen LogP contribution is 2.42. The van der Waals surface area contributed by atoms with Gasteiger partial charge in [0.1, 0.15) is 11.9 Å². The van der Waals surface area contributed by atoms with E-state index in [4.69, 9.17) is 10.5 Å². The van der Waals surface area contributed by atoms with Crippen LogP contribution >= 0.6 is 0 Å². The number of aliphatic carboxylic acids is 1. The number of carboxylic acid groups (broad SMARTS) is 1. The number of nitrogen functional groups attached to an aromatic ring is 1. The summed E-state index contributed by atoms with van der Waals surface area (Å²) in [6.07, 6.45) is -2.20. The molecule has 1 aromatic carbocycles. The molecule has 3 aromatic rings. The van der Waals surface area contributed by atoms with Crippen LogP contribution < -0.4 is 20.7 Å². The summed E-state index contributed by atoms with van der Waals surface area (Å²) in [4.78, 5) is 21.5. The summed E-state index contributed by atoms with van der Waals surface area (Å²) in [5.41, 5.74) is 6.94. The second-order valence-corrected chi connectivity index (χ2v) is 10.3. The zero-order valence-electron chi connectivity index (χ0n) is 21.9. The number of piperidine rings is 1. The van der Waals surface area contributed by atoms with Crippen LogP contribution in [-0.4, -0.2) is 62.7 Å². The molecule has 4 heterocycles. The summed E-state index contributed by atoms with van der Waals surface area (Å²) >= 11 is 0. The maximum absolute atomic E-state index is 14.5. The molecule has 0 aliphatic carbocycles. The van der Waals surface area contributed by atoms with Crippen molar-refractivity contribution >= 4 is 23.8 Å². The van der Waals surface area contributed by atoms with Gasteiger partial charge in [-0.05, 0) is 55.4 Å². The molecule has 10 nitrogen and oxygen atoms in total. The molecule has 212 valence electrons. The van der Waals surface area contributed by atoms with Crippen molar-refractivity contribution in [2.75, 3.05) is 30.3 Å². The lowest BCUT2D eigenvalue weighted by atomic mass is 9.76. The molecule has 0 amide bonds. The van der Waals surface area contributed by atoms with Gasteiger partial charge in [-0.3, -0.25) is 4.79 Å². The number of halogens is 3. The average Bonchev–Trinajstić information content (AvgIpc) is 3.53. The number of alkyl halides is 3. The van der Waals surface area contributed by atoms with E-state index < -0.39 is 24.3 Å². The highest BCUT2D eigenvalue weighted by Gasteiger charge is 2.46. The Kier molecular flexibility index (Phi) is 7.17. The second-order valence-electron chi connectivity index (χ2n) is 10.3. The van der Waals surface area contributed by atoms with E-state index in [0.29, 0.717) is 56.0 Å². The molecule has 2 aliphatic rings. The largest absolute Gasteiger partial charge is 0.480 e. The van der Waals surface area contributed by atoms with Gasteiger partial charge in [-0.2, -0.15) is 28.2 Å². The second kappa shape index (κ2) is 10.5. The molecule has 2 aromatic heterocycles. The Labute approximate surface area is 228 Å². The summed E-state index contributed by atoms with van der Waals surface area (Å²) in [5, 5.41) is 16.7. The first-order valence-electron chi connectivity index (χ1n) is 12.8. The molecule has 2 atom stereocenters. The fourth-order valence-corrected chi connectivity index (χ4v) is 5.43. The Hall–Kier alpha value is -4.13. The molecule has 0 saturated carbocycles. The molecule has 2 saturated heterocycles. The van der Waals surface area contributed by atoms with Crippen LogP contribution in [0.5, 0.6) is 5.88 Å². The van der Waals surface area contributed by atoms with Crippen LogP contribution in [-0.2, 0) is 4.79 Å². The van der Waals surface area contributed by atoms with E-state index in [-0.39, 0.29) is 28.5 Å². The molecule has 0 radical (unpaired) electrons. The lowest BCUT2D eigenvalue weighted by molar-refractivity contribution is -0.198. The average molecular weight is 558 g/mol. The number of carbonyl (C=O) groups is 1. The normalized spacial score (nSPS) is 19.5. The van der Waals surface area contributed by atoms with Gasteiger partial charge in [-0.25, -0.2) is 4.68 Å². The van der Waals surface area contributed by atoms with Crippen LogP contribution in [0.4, 0.5) is 24.9 Å². The molecule has 0 unspecified atom stereocenters. The fraction of sp³-hybridized carbons (Fsp3) is 0.407. The minimum Gasteiger partial charge on any atom is -0.480 e. The standard InChI is InChI=1S/C27H30F3N7O3/c1-3-17-4-5-20(37-9-6-16(2)35-37)18(12-17)23(27(28,29)30)40-22-13-21(33-25(31)34-22)36-10-7-26(8-11-36)14-19(24(38)39)32-15-26/h3-6,9,12-13,19,23,32H,1,7-8,10-11,14-15H2,2H3,(H,38,39)(H2,31,33,34)/t19-,23+/m0/s1. The van der Waals surface area contributed by atoms with E-state index in [1.807, 2.05) is 4.90 Å². The van der Waals surface area contributed by atoms with Crippen molar-refractivity contribution in [3.63, 3.8) is 0 Å². The number of hydrogen-bond donors (Lipinski definition) is 3. The summed E-state index contributed by atoms with van der Waals surface area (Å²) in [5.74, 6) is -1.05. The highest BCUT2D eigenvalue weighted by atomic mass is 19.4. The third-order valence-electron chi connectivity index (χ3n) is 7.59. The van der Waals surface area contributed by atoms with Gasteiger partial charge in [0, 0.05) is 37.5 Å². The number of hydrogen-bond acceptors (Lipinski definition) is 8. The quantitative estimate of drug-likeness (QED) is 0.396. The summed E-state index contributed by atoms with van der Waals surface area (Å²) in [7, 11) is 0. The van der Waals surface area contributed by atoms with Gasteiger partial charge >= 0.3 is 12.1 Å². The molecule has 2 fully saturated rings. The Morgan fingerprint density at radius 2 is 2.02 bits per heavy atom. The number of nitrogens with one attached hydrogen (secondary N) is 1. The smallest absolute Gasteiger partial charge is 0.429 e. The third-order valence-corrected chi connectivity index (χ3v) is 7.59. The fourth-order valence-electron chi connectivity index (χ4n) is 5.43. The lowest BCUT2D eigenvalue weighted by Gasteiger charge is -2.39. The van der Waals surface area contributed by atoms with Gasteiger partial charge in [-0.1, -0.05) is 18.7 Å². The number of aromatic nitrogens is 4. The Morgan fingerprint density at radius 3 is 2.62 bits per heavy atom. The van der Waals surface area contributed by atoms with Crippen molar-refractivity contribution in [1.29, 1.82) is 0 Å². The number of rotatable bonds is 7. The van der Waals surface area contributed by atoms with Crippen molar-refractivity contribution in [2.24, 2.45) is 5.41 Å². The molecule has 5 rings (SSSR count). The van der Waals surface area contributed by atoms with Gasteiger partial charge in [0.15, 0.2) is 0 Å². The number of benzene rings is 1. The van der Waals surface area contributed by atoms with Crippen molar-refractivity contribution in [3.8, 4) is 11.6 Å². The molecular formula is C27H30F3N7O3. The zero-order chi connectivity index (χ0) is 28.7. The Bertz CT molecular complexity index is 1420. The van der Waals surface area contributed by atoms with Gasteiger partial charge in [0.2, 0.25) is 17.9 Å². The van der Waals surface area contributed by atoms with Crippen molar-refractivity contribution in [2.45, 2.75) is 44.5 Å². The molecular weight excluding hydrogens is 527 g/mol. The maximum Gasteiger partial charge on any atom is 0.429 e. The van der Waals surface area contributed by atoms with E-state index in [1.54, 1.807) is 25.3 Å². The van der Waals surface area contributed by atoms with Gasteiger partial charge < -0.3 is 25.8 Å². The molecule has 1 spiro atoms. The van der Waals surface area contributed by atoms with Crippen molar-refractivity contribution in [3.05, 3.63) is 59.9 Å². The molecule has 13 heteroatoms.